The van der Waals surface area contributed by atoms with Crippen LogP contribution in [0.15, 0.2) is 22.7 Å². The maximum atomic E-state index is 13.1. The van der Waals surface area contributed by atoms with Gasteiger partial charge < -0.3 is 9.42 Å². The third-order valence-corrected chi connectivity index (χ3v) is 5.34. The second-order valence-corrected chi connectivity index (χ2v) is 7.49. The number of likely N-dealkylation sites (tertiary alicyclic amines) is 1. The Hall–Kier alpha value is -2.50. The normalized spacial score (nSPS) is 19.9. The quantitative estimate of drug-likeness (QED) is 0.846. The van der Waals surface area contributed by atoms with Crippen molar-refractivity contribution in [1.29, 1.82) is 0 Å². The van der Waals surface area contributed by atoms with Gasteiger partial charge in [0.2, 0.25) is 5.89 Å². The highest BCUT2D eigenvalue weighted by atomic mass is 16.5. The number of ketones is 1. The van der Waals surface area contributed by atoms with Crippen LogP contribution in [0.3, 0.4) is 0 Å². The molecule has 136 valence electrons. The van der Waals surface area contributed by atoms with Crippen molar-refractivity contribution in [3.05, 3.63) is 46.6 Å². The lowest BCUT2D eigenvalue weighted by Crippen LogP contribution is -2.39. The largest absolute Gasteiger partial charge is 0.339 e. The molecule has 6 nitrogen and oxygen atoms in total. The number of carbonyl (C=O) groups is 2. The van der Waals surface area contributed by atoms with Gasteiger partial charge in [-0.3, -0.25) is 9.59 Å². The molecule has 2 aliphatic rings. The predicted octanol–water partition coefficient (Wildman–Crippen LogP) is 3.34. The fourth-order valence-corrected chi connectivity index (χ4v) is 3.87. The first-order valence-electron chi connectivity index (χ1n) is 9.32. The fraction of sp³-hybridized carbons (Fsp3) is 0.500. The van der Waals surface area contributed by atoms with Crippen LogP contribution in [0.1, 0.15) is 82.9 Å². The van der Waals surface area contributed by atoms with E-state index in [1.165, 1.54) is 0 Å². The summed E-state index contributed by atoms with van der Waals surface area (Å²) in [6, 6.07) is 5.48. The van der Waals surface area contributed by atoms with E-state index in [1.807, 2.05) is 36.9 Å². The lowest BCUT2D eigenvalue weighted by atomic mass is 9.96. The van der Waals surface area contributed by atoms with Crippen LogP contribution < -0.4 is 0 Å². The average molecular weight is 353 g/mol. The Morgan fingerprint density at radius 2 is 2.15 bits per heavy atom. The molecule has 1 fully saturated rings. The van der Waals surface area contributed by atoms with Crippen molar-refractivity contribution in [2.45, 2.75) is 51.4 Å². The fourth-order valence-electron chi connectivity index (χ4n) is 3.87. The first kappa shape index (κ1) is 16.9. The number of aromatic nitrogens is 2. The molecule has 1 atom stereocenters. The van der Waals surface area contributed by atoms with Crippen LogP contribution in [0.25, 0.3) is 0 Å². The molecule has 1 amide bonds. The molecule has 1 saturated heterocycles. The van der Waals surface area contributed by atoms with Crippen LogP contribution in [0.4, 0.5) is 0 Å². The summed E-state index contributed by atoms with van der Waals surface area (Å²) in [4.78, 5) is 31.4. The molecule has 1 aliphatic heterocycles. The molecule has 6 heteroatoms. The zero-order chi connectivity index (χ0) is 18.3. The van der Waals surface area contributed by atoms with E-state index in [2.05, 4.69) is 10.1 Å². The van der Waals surface area contributed by atoms with Gasteiger partial charge in [-0.25, -0.2) is 0 Å². The molecule has 0 bridgehead atoms. The molecule has 2 heterocycles. The molecular weight excluding hydrogens is 330 g/mol. The van der Waals surface area contributed by atoms with E-state index in [9.17, 15) is 9.59 Å². The summed E-state index contributed by atoms with van der Waals surface area (Å²) in [5, 5.41) is 4.05. The van der Waals surface area contributed by atoms with Gasteiger partial charge in [0, 0.05) is 36.6 Å². The second-order valence-electron chi connectivity index (χ2n) is 7.49. The highest BCUT2D eigenvalue weighted by Gasteiger charge is 2.32. The summed E-state index contributed by atoms with van der Waals surface area (Å²) < 4.78 is 5.44. The molecule has 1 aromatic heterocycles. The van der Waals surface area contributed by atoms with Crippen molar-refractivity contribution in [1.82, 2.24) is 15.0 Å². The number of hydrogen-bond donors (Lipinski definition) is 0. The van der Waals surface area contributed by atoms with E-state index in [4.69, 9.17) is 4.52 Å². The van der Waals surface area contributed by atoms with E-state index in [0.29, 0.717) is 42.2 Å². The van der Waals surface area contributed by atoms with Gasteiger partial charge in [-0.1, -0.05) is 31.1 Å². The number of nitrogens with zero attached hydrogens (tertiary/aromatic N) is 3. The Labute approximate surface area is 152 Å². The van der Waals surface area contributed by atoms with Crippen molar-refractivity contribution in [3.63, 3.8) is 0 Å². The Morgan fingerprint density at radius 3 is 2.92 bits per heavy atom. The topological polar surface area (TPSA) is 76.3 Å². The van der Waals surface area contributed by atoms with Crippen LogP contribution in [0.2, 0.25) is 0 Å². The maximum Gasteiger partial charge on any atom is 0.254 e. The molecule has 1 unspecified atom stereocenters. The minimum absolute atomic E-state index is 0.00449. The number of amides is 1. The van der Waals surface area contributed by atoms with Crippen molar-refractivity contribution in [2.75, 3.05) is 13.1 Å². The summed E-state index contributed by atoms with van der Waals surface area (Å²) >= 11 is 0. The number of piperidine rings is 1. The molecule has 1 aromatic carbocycles. The monoisotopic (exact) mass is 353 g/mol. The molecule has 1 aliphatic carbocycles. The molecule has 2 aromatic rings. The van der Waals surface area contributed by atoms with Crippen LogP contribution in [0, 0.1) is 0 Å². The second kappa shape index (κ2) is 6.67. The van der Waals surface area contributed by atoms with Crippen molar-refractivity contribution >= 4 is 11.7 Å². The molecule has 4 rings (SSSR count). The molecular formula is C20H23N3O3. The van der Waals surface area contributed by atoms with E-state index in [1.54, 1.807) is 0 Å². The number of Topliss-reactive ketones (excluding diaryl/α,β-unsaturated/α-hetero) is 1. The molecule has 26 heavy (non-hydrogen) atoms. The smallest absolute Gasteiger partial charge is 0.254 e. The summed E-state index contributed by atoms with van der Waals surface area (Å²) in [7, 11) is 0. The Balaban J connectivity index is 1.55. The van der Waals surface area contributed by atoms with Gasteiger partial charge in [0.25, 0.3) is 5.91 Å². The number of hydrogen-bond acceptors (Lipinski definition) is 5. The summed E-state index contributed by atoms with van der Waals surface area (Å²) in [5.41, 5.74) is 2.29. The van der Waals surface area contributed by atoms with Gasteiger partial charge in [-0.2, -0.15) is 4.98 Å². The molecule has 0 spiro atoms. The highest BCUT2D eigenvalue weighted by molar-refractivity contribution is 6.05. The minimum Gasteiger partial charge on any atom is -0.339 e. The lowest BCUT2D eigenvalue weighted by Gasteiger charge is -2.31. The molecule has 0 radical (unpaired) electrons. The predicted molar refractivity (Wildman–Crippen MR) is 95.4 cm³/mol. The minimum atomic E-state index is 0.00449. The van der Waals surface area contributed by atoms with Gasteiger partial charge in [0.05, 0.1) is 5.92 Å². The first-order valence-corrected chi connectivity index (χ1v) is 9.32. The van der Waals surface area contributed by atoms with Crippen LogP contribution >= 0.6 is 0 Å². The molecule has 0 saturated carbocycles. The van der Waals surface area contributed by atoms with Gasteiger partial charge in [0.15, 0.2) is 11.6 Å². The van der Waals surface area contributed by atoms with Crippen molar-refractivity contribution < 1.29 is 14.1 Å². The van der Waals surface area contributed by atoms with E-state index in [0.717, 1.165) is 24.9 Å². The summed E-state index contributed by atoms with van der Waals surface area (Å²) in [6.45, 7) is 5.36. The van der Waals surface area contributed by atoms with Crippen LogP contribution in [-0.2, 0) is 6.42 Å². The number of carbonyl (C=O) groups excluding carboxylic acids is 2. The maximum absolute atomic E-state index is 13.1. The summed E-state index contributed by atoms with van der Waals surface area (Å²) in [6.07, 6.45) is 3.01. The number of rotatable bonds is 3. The standard InChI is InChI=1S/C20H23N3O3/c1-12(2)18-21-19(26-22-18)13-5-4-10-23(11-13)20(25)16-7-3-6-15-14(16)8-9-17(15)24/h3,6-7,12-13H,4-5,8-11H2,1-2H3. The Kier molecular flexibility index (Phi) is 4.34. The third-order valence-electron chi connectivity index (χ3n) is 5.34. The Morgan fingerprint density at radius 1 is 1.31 bits per heavy atom. The van der Waals surface area contributed by atoms with Gasteiger partial charge in [-0.15, -0.1) is 0 Å². The van der Waals surface area contributed by atoms with Gasteiger partial charge in [0.1, 0.15) is 0 Å². The zero-order valence-corrected chi connectivity index (χ0v) is 15.2. The van der Waals surface area contributed by atoms with Crippen molar-refractivity contribution in [2.24, 2.45) is 0 Å². The van der Waals surface area contributed by atoms with E-state index in [-0.39, 0.29) is 23.5 Å². The zero-order valence-electron chi connectivity index (χ0n) is 15.2. The highest BCUT2D eigenvalue weighted by Crippen LogP contribution is 2.30. The van der Waals surface area contributed by atoms with Crippen LogP contribution in [-0.4, -0.2) is 39.8 Å². The first-order chi connectivity index (χ1) is 12.5. The van der Waals surface area contributed by atoms with Crippen molar-refractivity contribution in [3.8, 4) is 0 Å². The van der Waals surface area contributed by atoms with Gasteiger partial charge in [-0.05, 0) is 30.9 Å². The SMILES string of the molecule is CC(C)c1noc(C2CCCN(C(=O)c3cccc4c3CCC4=O)C2)n1. The Bertz CT molecular complexity index is 856. The third kappa shape index (κ3) is 2.93. The average Bonchev–Trinajstić information content (AvgIpc) is 3.29. The van der Waals surface area contributed by atoms with Crippen LogP contribution in [0.5, 0.6) is 0 Å². The summed E-state index contributed by atoms with van der Waals surface area (Å²) in [5.74, 6) is 1.77. The number of fused-ring (bicyclic) bond motifs is 1. The lowest BCUT2D eigenvalue weighted by molar-refractivity contribution is 0.0694. The van der Waals surface area contributed by atoms with E-state index >= 15 is 0 Å². The number of benzene rings is 1. The molecule has 0 N–H and O–H groups in total. The van der Waals surface area contributed by atoms with E-state index < -0.39 is 0 Å². The van der Waals surface area contributed by atoms with Gasteiger partial charge >= 0.3 is 0 Å².